The van der Waals surface area contributed by atoms with E-state index < -0.39 is 13.5 Å². The minimum absolute atomic E-state index is 0.523. The minimum atomic E-state index is -2.52. The highest BCUT2D eigenvalue weighted by atomic mass is 19.3. The van der Waals surface area contributed by atoms with Crippen LogP contribution in [0.3, 0.4) is 0 Å². The molecule has 0 bridgehead atoms. The van der Waals surface area contributed by atoms with Gasteiger partial charge in [0.15, 0.2) is 0 Å². The van der Waals surface area contributed by atoms with Crippen molar-refractivity contribution < 1.29 is 12.9 Å². The molecule has 0 saturated carbocycles. The highest BCUT2D eigenvalue weighted by molar-refractivity contribution is 5.13. The molecule has 144 valence electrons. The van der Waals surface area contributed by atoms with E-state index in [4.69, 9.17) is 4.11 Å². The first-order chi connectivity index (χ1) is 13.3. The fourth-order valence-corrected chi connectivity index (χ4v) is 1.81. The van der Waals surface area contributed by atoms with Gasteiger partial charge >= 0.3 is 6.55 Å². The van der Waals surface area contributed by atoms with Gasteiger partial charge in [-0.3, -0.25) is 9.36 Å². The monoisotopic (exact) mass is 369 g/mol. The summed E-state index contributed by atoms with van der Waals surface area (Å²) in [5, 5.41) is 11.3. The number of alkyl halides is 2. The Bertz CT molecular complexity index is 905. The van der Waals surface area contributed by atoms with Gasteiger partial charge in [-0.2, -0.15) is 24.1 Å². The van der Waals surface area contributed by atoms with Crippen molar-refractivity contribution in [2.24, 2.45) is 14.0 Å². The standard InChI is InChI=1S/C6H8F2N2.2C6H10N2/c1-4-3-9-10(5(4)2)6(7)8;2*1-5-4-7-8(3)6(5)2/h3,6H,1-2H3;2*4H,1-3H3/i;3D3;. The predicted molar refractivity (Wildman–Crippen MR) is 98.3 cm³/mol. The fraction of sp³-hybridized carbons (Fsp3) is 0.500. The number of halogens is 2. The highest BCUT2D eigenvalue weighted by Gasteiger charge is 2.09. The summed E-state index contributed by atoms with van der Waals surface area (Å²) < 4.78 is 48.7. The van der Waals surface area contributed by atoms with Gasteiger partial charge in [0.1, 0.15) is 0 Å². The number of rotatable bonds is 1. The third-order valence-corrected chi connectivity index (χ3v) is 4.21. The first kappa shape index (κ1) is 16.9. The van der Waals surface area contributed by atoms with Gasteiger partial charge in [-0.15, -0.1) is 0 Å². The Hall–Kier alpha value is -2.51. The molecule has 3 heterocycles. The fourth-order valence-electron chi connectivity index (χ4n) is 1.81. The molecule has 26 heavy (non-hydrogen) atoms. The number of aryl methyl sites for hydroxylation is 5. The van der Waals surface area contributed by atoms with E-state index in [0.29, 0.717) is 16.1 Å². The topological polar surface area (TPSA) is 53.5 Å². The minimum Gasteiger partial charge on any atom is -0.273 e. The lowest BCUT2D eigenvalue weighted by Crippen LogP contribution is -2.01. The van der Waals surface area contributed by atoms with E-state index in [1.54, 1.807) is 27.0 Å². The molecule has 0 atom stereocenters. The van der Waals surface area contributed by atoms with E-state index in [-0.39, 0.29) is 0 Å². The second-order valence-corrected chi connectivity index (χ2v) is 6.00. The van der Waals surface area contributed by atoms with Gasteiger partial charge in [0.2, 0.25) is 0 Å². The summed E-state index contributed by atoms with van der Waals surface area (Å²) in [6, 6.07) is 0. The summed E-state index contributed by atoms with van der Waals surface area (Å²) in [4.78, 5) is 0. The summed E-state index contributed by atoms with van der Waals surface area (Å²) >= 11 is 0. The van der Waals surface area contributed by atoms with Crippen LogP contribution in [-0.4, -0.2) is 29.3 Å². The molecule has 0 radical (unpaired) electrons. The van der Waals surface area contributed by atoms with Crippen LogP contribution in [0.1, 0.15) is 44.4 Å². The van der Waals surface area contributed by atoms with Crippen molar-refractivity contribution in [1.29, 1.82) is 0 Å². The molecular weight excluding hydrogens is 338 g/mol. The van der Waals surface area contributed by atoms with Crippen LogP contribution >= 0.6 is 0 Å². The predicted octanol–water partition coefficient (Wildman–Crippen LogP) is 3.97. The molecule has 0 saturated heterocycles. The number of hydrogen-bond donors (Lipinski definition) is 0. The van der Waals surface area contributed by atoms with Crippen LogP contribution in [0.2, 0.25) is 0 Å². The average molecular weight is 369 g/mol. The van der Waals surface area contributed by atoms with Crippen molar-refractivity contribution in [1.82, 2.24) is 29.3 Å². The Kier molecular flexibility index (Phi) is 6.03. The maximum absolute atomic E-state index is 11.9. The van der Waals surface area contributed by atoms with Crippen molar-refractivity contribution in [3.63, 3.8) is 0 Å². The highest BCUT2D eigenvalue weighted by Crippen LogP contribution is 2.13. The zero-order valence-electron chi connectivity index (χ0n) is 19.2. The molecule has 0 spiro atoms. The van der Waals surface area contributed by atoms with Gasteiger partial charge in [0.25, 0.3) is 0 Å². The lowest BCUT2D eigenvalue weighted by molar-refractivity contribution is 0.0543. The van der Waals surface area contributed by atoms with Crippen LogP contribution in [-0.2, 0) is 14.0 Å². The molecule has 0 aromatic carbocycles. The smallest absolute Gasteiger partial charge is 0.273 e. The van der Waals surface area contributed by atoms with E-state index >= 15 is 0 Å². The normalized spacial score (nSPS) is 12.5. The third-order valence-electron chi connectivity index (χ3n) is 4.21. The largest absolute Gasteiger partial charge is 0.333 e. The van der Waals surface area contributed by atoms with Gasteiger partial charge in [0, 0.05) is 35.2 Å². The lowest BCUT2D eigenvalue weighted by atomic mass is 10.3. The molecular formula is C18H28F2N6. The van der Waals surface area contributed by atoms with Crippen molar-refractivity contribution in [3.8, 4) is 0 Å². The van der Waals surface area contributed by atoms with Crippen LogP contribution in [0.4, 0.5) is 8.78 Å². The average Bonchev–Trinajstić information content (AvgIpc) is 3.24. The molecule has 0 unspecified atom stereocenters. The molecule has 0 aliphatic rings. The molecule has 3 aromatic rings. The van der Waals surface area contributed by atoms with E-state index in [1.165, 1.54) is 17.5 Å². The summed E-state index contributed by atoms with van der Waals surface area (Å²) in [6.45, 7) is 6.41. The lowest BCUT2D eigenvalue weighted by Gasteiger charge is -2.00. The van der Waals surface area contributed by atoms with Crippen molar-refractivity contribution >= 4 is 0 Å². The number of aromatic nitrogens is 6. The second-order valence-electron chi connectivity index (χ2n) is 6.00. The number of nitrogens with zero attached hydrogens (tertiary/aromatic N) is 6. The van der Waals surface area contributed by atoms with Crippen molar-refractivity contribution in [2.45, 2.75) is 48.1 Å². The van der Waals surface area contributed by atoms with Gasteiger partial charge in [-0.1, -0.05) is 0 Å². The molecule has 0 N–H and O–H groups in total. The van der Waals surface area contributed by atoms with Crippen LogP contribution in [0, 0.1) is 41.5 Å². The number of hydrogen-bond acceptors (Lipinski definition) is 3. The molecule has 3 rings (SSSR count). The summed E-state index contributed by atoms with van der Waals surface area (Å²) in [5.41, 5.74) is 5.42. The Balaban J connectivity index is 0.000000220. The van der Waals surface area contributed by atoms with E-state index in [1.807, 2.05) is 24.9 Å². The Labute approximate surface area is 157 Å². The van der Waals surface area contributed by atoms with Gasteiger partial charge in [-0.05, 0) is 58.2 Å². The maximum Gasteiger partial charge on any atom is 0.333 e. The molecule has 6 nitrogen and oxygen atoms in total. The third kappa shape index (κ3) is 5.50. The van der Waals surface area contributed by atoms with Gasteiger partial charge in [-0.25, -0.2) is 4.68 Å². The first-order valence-electron chi connectivity index (χ1n) is 9.53. The molecule has 0 fully saturated rings. The molecule has 8 heteroatoms. The van der Waals surface area contributed by atoms with Gasteiger partial charge < -0.3 is 0 Å². The van der Waals surface area contributed by atoms with Crippen molar-refractivity contribution in [3.05, 3.63) is 52.4 Å². The Morgan fingerprint density at radius 1 is 0.769 bits per heavy atom. The Morgan fingerprint density at radius 2 is 1.19 bits per heavy atom. The summed E-state index contributed by atoms with van der Waals surface area (Å²) in [7, 11) is 1.95. The SMILES string of the molecule is Cc1cnn(C(F)F)c1C.Cc1cnn(C)c1C.[2H]C([2H])([2H])n1ncc(C)c1C. The van der Waals surface area contributed by atoms with Gasteiger partial charge in [0.05, 0.1) is 18.6 Å². The molecule has 0 amide bonds. The molecule has 0 aliphatic heterocycles. The zero-order valence-corrected chi connectivity index (χ0v) is 16.2. The Morgan fingerprint density at radius 3 is 1.38 bits per heavy atom. The summed E-state index contributed by atoms with van der Waals surface area (Å²) in [6.07, 6.45) is 4.86. The van der Waals surface area contributed by atoms with Crippen LogP contribution in [0.5, 0.6) is 0 Å². The first-order valence-corrected chi connectivity index (χ1v) is 8.03. The second kappa shape index (κ2) is 9.26. The quantitative estimate of drug-likeness (QED) is 0.652. The van der Waals surface area contributed by atoms with E-state index in [9.17, 15) is 8.78 Å². The maximum atomic E-state index is 11.9. The van der Waals surface area contributed by atoms with Crippen LogP contribution in [0.15, 0.2) is 18.6 Å². The zero-order chi connectivity index (χ0) is 22.5. The van der Waals surface area contributed by atoms with E-state index in [0.717, 1.165) is 15.8 Å². The molecule has 3 aromatic heterocycles. The van der Waals surface area contributed by atoms with E-state index in [2.05, 4.69) is 29.1 Å². The van der Waals surface area contributed by atoms with Crippen LogP contribution < -0.4 is 0 Å². The van der Waals surface area contributed by atoms with Crippen LogP contribution in [0.25, 0.3) is 0 Å². The van der Waals surface area contributed by atoms with Crippen molar-refractivity contribution in [2.75, 3.05) is 0 Å². The molecule has 0 aliphatic carbocycles. The summed E-state index contributed by atoms with van der Waals surface area (Å²) in [5.74, 6) is 0.